The predicted molar refractivity (Wildman–Crippen MR) is 76.6 cm³/mol. The third kappa shape index (κ3) is 6.94. The highest BCUT2D eigenvalue weighted by molar-refractivity contribution is 7.80. The molecule has 2 nitrogen and oxygen atoms in total. The predicted octanol–water partition coefficient (Wildman–Crippen LogP) is 4.01. The quantitative estimate of drug-likeness (QED) is 0.345. The van der Waals surface area contributed by atoms with E-state index in [2.05, 4.69) is 19.6 Å². The lowest BCUT2D eigenvalue weighted by molar-refractivity contribution is 0.241. The molecule has 0 unspecified atom stereocenters. The minimum atomic E-state index is -1.80. The van der Waals surface area contributed by atoms with Crippen molar-refractivity contribution < 1.29 is 8.85 Å². The topological polar surface area (TPSA) is 18.5 Å². The molecule has 98 valence electrons. The molecule has 0 aliphatic heterocycles. The number of thiol groups is 1. The monoisotopic (exact) mass is 264 g/mol. The second kappa shape index (κ2) is 10.6. The molecule has 0 bridgehead atoms. The molecule has 0 radical (unpaired) electrons. The number of hydrogen-bond acceptors (Lipinski definition) is 3. The van der Waals surface area contributed by atoms with Gasteiger partial charge in [-0.15, -0.1) is 0 Å². The summed E-state index contributed by atoms with van der Waals surface area (Å²) in [6.07, 6.45) is 7.84. The highest BCUT2D eigenvalue weighted by Gasteiger charge is 2.32. The molecule has 0 saturated heterocycles. The Labute approximate surface area is 108 Å². The first-order chi connectivity index (χ1) is 7.74. The van der Waals surface area contributed by atoms with E-state index in [4.69, 9.17) is 8.85 Å². The van der Waals surface area contributed by atoms with Crippen LogP contribution in [-0.2, 0) is 8.85 Å². The molecule has 4 heteroatoms. The maximum absolute atomic E-state index is 5.59. The van der Waals surface area contributed by atoms with Gasteiger partial charge >= 0.3 is 8.56 Å². The highest BCUT2D eigenvalue weighted by atomic mass is 32.1. The summed E-state index contributed by atoms with van der Waals surface area (Å²) in [5.41, 5.74) is 0. The summed E-state index contributed by atoms with van der Waals surface area (Å²) in [6, 6.07) is 2.20. The molecule has 0 aromatic heterocycles. The van der Waals surface area contributed by atoms with Crippen molar-refractivity contribution in [2.45, 2.75) is 57.5 Å². The zero-order valence-electron chi connectivity index (χ0n) is 11.1. The molecular formula is C12H28O2SSi. The van der Waals surface area contributed by atoms with Crippen molar-refractivity contribution in [3.8, 4) is 0 Å². The Hall–Kier alpha value is 0.487. The minimum absolute atomic E-state index is 1.03. The van der Waals surface area contributed by atoms with E-state index >= 15 is 0 Å². The third-order valence-electron chi connectivity index (χ3n) is 3.25. The van der Waals surface area contributed by atoms with Gasteiger partial charge in [-0.3, -0.25) is 0 Å². The number of hydrogen-bond donors (Lipinski definition) is 1. The van der Waals surface area contributed by atoms with Gasteiger partial charge in [0.2, 0.25) is 0 Å². The fourth-order valence-electron chi connectivity index (χ4n) is 1.97. The second-order valence-corrected chi connectivity index (χ2v) is 8.56. The Morgan fingerprint density at radius 1 is 0.875 bits per heavy atom. The van der Waals surface area contributed by atoms with Crippen molar-refractivity contribution >= 4 is 21.2 Å². The minimum Gasteiger partial charge on any atom is -0.398 e. The van der Waals surface area contributed by atoms with Gasteiger partial charge in [0.15, 0.2) is 0 Å². The third-order valence-corrected chi connectivity index (χ3v) is 7.25. The summed E-state index contributed by atoms with van der Waals surface area (Å²) >= 11 is 4.21. The van der Waals surface area contributed by atoms with Crippen molar-refractivity contribution in [3.05, 3.63) is 0 Å². The van der Waals surface area contributed by atoms with Crippen LogP contribution in [0, 0.1) is 0 Å². The Morgan fingerprint density at radius 2 is 1.38 bits per heavy atom. The molecule has 0 rings (SSSR count). The molecular weight excluding hydrogens is 236 g/mol. The van der Waals surface area contributed by atoms with E-state index < -0.39 is 8.56 Å². The van der Waals surface area contributed by atoms with Gasteiger partial charge in [-0.2, -0.15) is 12.6 Å². The van der Waals surface area contributed by atoms with Gasteiger partial charge < -0.3 is 8.85 Å². The van der Waals surface area contributed by atoms with E-state index in [0.29, 0.717) is 0 Å². The molecule has 0 spiro atoms. The molecule has 0 atom stereocenters. The smallest absolute Gasteiger partial charge is 0.337 e. The average molecular weight is 265 g/mol. The van der Waals surface area contributed by atoms with Crippen LogP contribution in [0.25, 0.3) is 0 Å². The molecule has 0 heterocycles. The standard InChI is InChI=1S/C12H28O2SSi/c1-4-16(13-2,14-3)12-10-8-6-5-7-9-11-15/h15H,4-12H2,1-3H3. The fraction of sp³-hybridized carbons (Fsp3) is 1.00. The number of unbranched alkanes of at least 4 members (excludes halogenated alkanes) is 5. The van der Waals surface area contributed by atoms with Crippen molar-refractivity contribution in [1.29, 1.82) is 0 Å². The van der Waals surface area contributed by atoms with Crippen molar-refractivity contribution in [1.82, 2.24) is 0 Å². The lowest BCUT2D eigenvalue weighted by Gasteiger charge is -2.25. The van der Waals surface area contributed by atoms with Gasteiger partial charge in [0, 0.05) is 14.2 Å². The molecule has 0 saturated carbocycles. The number of rotatable bonds is 11. The highest BCUT2D eigenvalue weighted by Crippen LogP contribution is 2.21. The Morgan fingerprint density at radius 3 is 1.81 bits per heavy atom. The lowest BCUT2D eigenvalue weighted by atomic mass is 10.1. The van der Waals surface area contributed by atoms with Gasteiger partial charge in [0.05, 0.1) is 0 Å². The SMILES string of the molecule is CC[Si](CCCCCCCCS)(OC)OC. The van der Waals surface area contributed by atoms with Gasteiger partial charge in [0.1, 0.15) is 0 Å². The molecule has 0 aromatic carbocycles. The van der Waals surface area contributed by atoms with Crippen LogP contribution < -0.4 is 0 Å². The van der Waals surface area contributed by atoms with Crippen molar-refractivity contribution in [2.24, 2.45) is 0 Å². The Kier molecular flexibility index (Phi) is 11.0. The van der Waals surface area contributed by atoms with E-state index in [1.54, 1.807) is 14.2 Å². The summed E-state index contributed by atoms with van der Waals surface area (Å²) in [6.45, 7) is 2.17. The lowest BCUT2D eigenvalue weighted by Crippen LogP contribution is -2.38. The first kappa shape index (κ1) is 16.5. The second-order valence-electron chi connectivity index (χ2n) is 4.27. The van der Waals surface area contributed by atoms with Crippen LogP contribution in [-0.4, -0.2) is 28.5 Å². The maximum atomic E-state index is 5.59. The molecule has 0 aliphatic rings. The summed E-state index contributed by atoms with van der Waals surface area (Å²) < 4.78 is 11.2. The summed E-state index contributed by atoms with van der Waals surface area (Å²) in [5.74, 6) is 1.03. The Bertz CT molecular complexity index is 144. The van der Waals surface area contributed by atoms with E-state index in [1.807, 2.05) is 0 Å². The zero-order valence-corrected chi connectivity index (χ0v) is 13.0. The zero-order chi connectivity index (χ0) is 12.3. The molecule has 0 aliphatic carbocycles. The fourth-order valence-corrected chi connectivity index (χ4v) is 4.48. The van der Waals surface area contributed by atoms with Crippen LogP contribution in [0.5, 0.6) is 0 Å². The summed E-state index contributed by atoms with van der Waals surface area (Å²) in [4.78, 5) is 0. The Balaban J connectivity index is 3.48. The van der Waals surface area contributed by atoms with Gasteiger partial charge in [0.25, 0.3) is 0 Å². The van der Waals surface area contributed by atoms with Crippen LogP contribution >= 0.6 is 12.6 Å². The van der Waals surface area contributed by atoms with Gasteiger partial charge in [-0.05, 0) is 24.3 Å². The van der Waals surface area contributed by atoms with E-state index in [-0.39, 0.29) is 0 Å². The van der Waals surface area contributed by atoms with E-state index in [9.17, 15) is 0 Å². The van der Waals surface area contributed by atoms with Gasteiger partial charge in [-0.1, -0.05) is 39.0 Å². The van der Waals surface area contributed by atoms with Crippen LogP contribution in [0.3, 0.4) is 0 Å². The van der Waals surface area contributed by atoms with Crippen LogP contribution in [0.2, 0.25) is 12.1 Å². The molecule has 0 fully saturated rings. The average Bonchev–Trinajstić information content (AvgIpc) is 2.34. The summed E-state index contributed by atoms with van der Waals surface area (Å²) in [7, 11) is 1.79. The van der Waals surface area contributed by atoms with Crippen LogP contribution in [0.15, 0.2) is 0 Å². The molecule has 16 heavy (non-hydrogen) atoms. The van der Waals surface area contributed by atoms with Crippen LogP contribution in [0.4, 0.5) is 0 Å². The first-order valence-corrected chi connectivity index (χ1v) is 9.32. The maximum Gasteiger partial charge on any atom is 0.337 e. The molecule has 0 amide bonds. The van der Waals surface area contributed by atoms with E-state index in [0.717, 1.165) is 17.8 Å². The summed E-state index contributed by atoms with van der Waals surface area (Å²) in [5, 5.41) is 0. The van der Waals surface area contributed by atoms with Gasteiger partial charge in [-0.25, -0.2) is 0 Å². The van der Waals surface area contributed by atoms with Crippen molar-refractivity contribution in [2.75, 3.05) is 20.0 Å². The van der Waals surface area contributed by atoms with Crippen LogP contribution in [0.1, 0.15) is 45.4 Å². The molecule has 0 aromatic rings. The normalized spacial score (nSPS) is 12.0. The first-order valence-electron chi connectivity index (χ1n) is 6.46. The van der Waals surface area contributed by atoms with E-state index in [1.165, 1.54) is 38.5 Å². The molecule has 0 N–H and O–H groups in total. The van der Waals surface area contributed by atoms with Crippen molar-refractivity contribution in [3.63, 3.8) is 0 Å². The largest absolute Gasteiger partial charge is 0.398 e.